The zero-order valence-corrected chi connectivity index (χ0v) is 22.9. The van der Waals surface area contributed by atoms with Gasteiger partial charge in [0.2, 0.25) is 29.5 Å². The largest absolute Gasteiger partial charge is 0.491 e. The SMILES string of the molecule is CCOCCNC(=O)[C@@H]1CC(=O)N[C@@H](CC(N)=O)C(=O)N[C@H](C(C)C)C(=O)NCCOc2ccccc2C(=O)N1. The van der Waals surface area contributed by atoms with Crippen molar-refractivity contribution >= 4 is 35.4 Å². The number of primary amides is 1. The summed E-state index contributed by atoms with van der Waals surface area (Å²) in [7, 11) is 0. The maximum atomic E-state index is 13.2. The predicted octanol–water partition coefficient (Wildman–Crippen LogP) is -1.66. The summed E-state index contributed by atoms with van der Waals surface area (Å²) in [4.78, 5) is 76.6. The van der Waals surface area contributed by atoms with Crippen molar-refractivity contribution in [2.75, 3.05) is 32.9 Å². The van der Waals surface area contributed by atoms with E-state index in [2.05, 4.69) is 26.6 Å². The Morgan fingerprint density at radius 3 is 2.50 bits per heavy atom. The van der Waals surface area contributed by atoms with Crippen LogP contribution < -0.4 is 37.1 Å². The Morgan fingerprint density at radius 1 is 1.10 bits per heavy atom. The quantitative estimate of drug-likeness (QED) is 0.202. The molecule has 7 N–H and O–H groups in total. The number of ether oxygens (including phenoxy) is 2. The van der Waals surface area contributed by atoms with Crippen LogP contribution in [0.15, 0.2) is 24.3 Å². The molecule has 0 saturated heterocycles. The smallest absolute Gasteiger partial charge is 0.255 e. The molecule has 0 aliphatic carbocycles. The first-order valence-electron chi connectivity index (χ1n) is 13.1. The molecule has 1 aromatic rings. The number of benzene rings is 1. The molecular formula is C26H38N6O8. The van der Waals surface area contributed by atoms with Gasteiger partial charge < -0.3 is 41.8 Å². The first-order chi connectivity index (χ1) is 19.0. The maximum absolute atomic E-state index is 13.2. The van der Waals surface area contributed by atoms with Gasteiger partial charge in [-0.05, 0) is 25.0 Å². The van der Waals surface area contributed by atoms with Crippen LogP contribution in [0.3, 0.4) is 0 Å². The fraction of sp³-hybridized carbons (Fsp3) is 0.538. The normalized spacial score (nSPS) is 21.1. The molecule has 14 nitrogen and oxygen atoms in total. The van der Waals surface area contributed by atoms with Gasteiger partial charge >= 0.3 is 0 Å². The maximum Gasteiger partial charge on any atom is 0.255 e. The minimum absolute atomic E-state index is 0.000476. The van der Waals surface area contributed by atoms with Crippen molar-refractivity contribution in [3.05, 3.63) is 29.8 Å². The molecule has 0 bridgehead atoms. The van der Waals surface area contributed by atoms with Crippen LogP contribution >= 0.6 is 0 Å². The Kier molecular flexibility index (Phi) is 12.8. The minimum atomic E-state index is -1.42. The third-order valence-electron chi connectivity index (χ3n) is 5.86. The molecule has 0 spiro atoms. The number of para-hydroxylation sites is 1. The van der Waals surface area contributed by atoms with Crippen molar-refractivity contribution in [1.29, 1.82) is 0 Å². The van der Waals surface area contributed by atoms with Gasteiger partial charge in [-0.2, -0.15) is 0 Å². The number of carbonyl (C=O) groups excluding carboxylic acids is 6. The zero-order chi connectivity index (χ0) is 29.7. The van der Waals surface area contributed by atoms with Gasteiger partial charge in [0.1, 0.15) is 30.5 Å². The average molecular weight is 563 g/mol. The van der Waals surface area contributed by atoms with E-state index in [9.17, 15) is 28.8 Å². The number of hydrogen-bond donors (Lipinski definition) is 6. The lowest BCUT2D eigenvalue weighted by atomic mass is 10.0. The lowest BCUT2D eigenvalue weighted by molar-refractivity contribution is -0.134. The number of hydrogen-bond acceptors (Lipinski definition) is 8. The molecule has 0 unspecified atom stereocenters. The summed E-state index contributed by atoms with van der Waals surface area (Å²) in [5.41, 5.74) is 5.40. The summed E-state index contributed by atoms with van der Waals surface area (Å²) >= 11 is 0. The van der Waals surface area contributed by atoms with E-state index < -0.39 is 66.4 Å². The molecule has 6 amide bonds. The van der Waals surface area contributed by atoms with E-state index in [1.54, 1.807) is 39.0 Å². The van der Waals surface area contributed by atoms with Gasteiger partial charge in [-0.25, -0.2) is 0 Å². The van der Waals surface area contributed by atoms with Crippen molar-refractivity contribution in [2.45, 2.75) is 51.7 Å². The molecule has 1 aromatic carbocycles. The molecule has 0 saturated carbocycles. The first-order valence-corrected chi connectivity index (χ1v) is 13.1. The van der Waals surface area contributed by atoms with E-state index in [0.717, 1.165) is 0 Å². The van der Waals surface area contributed by atoms with E-state index in [1.807, 2.05) is 0 Å². The van der Waals surface area contributed by atoms with Gasteiger partial charge in [0.05, 0.1) is 31.6 Å². The molecule has 2 rings (SSSR count). The highest BCUT2D eigenvalue weighted by molar-refractivity contribution is 6.01. The van der Waals surface area contributed by atoms with Crippen molar-refractivity contribution < 1.29 is 38.2 Å². The standard InChI is InChI=1S/C26H38N6O8/c1-4-39-11-9-28-24(36)18-14-21(34)30-17(13-20(27)33)25(37)32-22(15(2)3)26(38)29-10-12-40-19-8-6-5-7-16(19)23(35)31-18/h5-8,15,17-18,22H,4,9-14H2,1-3H3,(H2,27,33)(H,28,36)(H,29,38)(H,30,34)(H,31,35)(H,32,37)/t17-,18-,22+/m0/s1. The van der Waals surface area contributed by atoms with Gasteiger partial charge in [0.15, 0.2) is 0 Å². The van der Waals surface area contributed by atoms with Crippen LogP contribution in [0, 0.1) is 5.92 Å². The van der Waals surface area contributed by atoms with Crippen LogP contribution in [0.25, 0.3) is 0 Å². The topological polar surface area (TPSA) is 207 Å². The number of nitrogens with one attached hydrogen (secondary N) is 5. The van der Waals surface area contributed by atoms with Crippen molar-refractivity contribution in [3.8, 4) is 5.75 Å². The fourth-order valence-electron chi connectivity index (χ4n) is 3.82. The Balaban J connectivity index is 2.39. The molecule has 0 fully saturated rings. The van der Waals surface area contributed by atoms with E-state index in [-0.39, 0.29) is 43.5 Å². The number of carbonyl (C=O) groups is 6. The summed E-state index contributed by atoms with van der Waals surface area (Å²) in [6.45, 7) is 6.07. The van der Waals surface area contributed by atoms with E-state index in [0.29, 0.717) is 6.61 Å². The highest BCUT2D eigenvalue weighted by Gasteiger charge is 2.32. The number of fused-ring (bicyclic) bond motifs is 1. The second-order valence-corrected chi connectivity index (χ2v) is 9.37. The summed E-state index contributed by atoms with van der Waals surface area (Å²) < 4.78 is 10.9. The van der Waals surface area contributed by atoms with Gasteiger partial charge in [-0.15, -0.1) is 0 Å². The van der Waals surface area contributed by atoms with Crippen molar-refractivity contribution in [2.24, 2.45) is 11.7 Å². The zero-order valence-electron chi connectivity index (χ0n) is 22.9. The van der Waals surface area contributed by atoms with Crippen molar-refractivity contribution in [3.63, 3.8) is 0 Å². The highest BCUT2D eigenvalue weighted by atomic mass is 16.5. The molecule has 14 heteroatoms. The fourth-order valence-corrected chi connectivity index (χ4v) is 3.82. The average Bonchev–Trinajstić information content (AvgIpc) is 2.90. The molecule has 3 atom stereocenters. The van der Waals surface area contributed by atoms with E-state index >= 15 is 0 Å². The van der Waals surface area contributed by atoms with E-state index in [1.165, 1.54) is 6.07 Å². The van der Waals surface area contributed by atoms with Crippen molar-refractivity contribution in [1.82, 2.24) is 26.6 Å². The lowest BCUT2D eigenvalue weighted by Crippen LogP contribution is -2.57. The Morgan fingerprint density at radius 2 is 1.82 bits per heavy atom. The molecule has 1 heterocycles. The number of nitrogens with two attached hydrogens (primary N) is 1. The summed E-state index contributed by atoms with van der Waals surface area (Å²) in [5.74, 6) is -4.49. The number of amides is 6. The summed E-state index contributed by atoms with van der Waals surface area (Å²) in [6.07, 6.45) is -1.12. The van der Waals surface area contributed by atoms with Crippen LogP contribution in [0.2, 0.25) is 0 Å². The summed E-state index contributed by atoms with van der Waals surface area (Å²) in [5, 5.41) is 12.8. The highest BCUT2D eigenvalue weighted by Crippen LogP contribution is 2.18. The van der Waals surface area contributed by atoms with E-state index in [4.69, 9.17) is 15.2 Å². The second kappa shape index (κ2) is 16.0. The molecule has 0 aromatic heterocycles. The Labute approximate surface area is 232 Å². The second-order valence-electron chi connectivity index (χ2n) is 9.37. The van der Waals surface area contributed by atoms with Crippen LogP contribution in [0.5, 0.6) is 5.75 Å². The van der Waals surface area contributed by atoms with Crippen LogP contribution in [-0.4, -0.2) is 86.5 Å². The molecule has 40 heavy (non-hydrogen) atoms. The minimum Gasteiger partial charge on any atom is -0.491 e. The monoisotopic (exact) mass is 562 g/mol. The first kappa shape index (κ1) is 32.0. The lowest BCUT2D eigenvalue weighted by Gasteiger charge is -2.25. The van der Waals surface area contributed by atoms with Gasteiger partial charge in [-0.1, -0.05) is 26.0 Å². The van der Waals surface area contributed by atoms with Gasteiger partial charge in [0, 0.05) is 13.2 Å². The summed E-state index contributed by atoms with van der Waals surface area (Å²) in [6, 6.07) is 2.55. The number of rotatable bonds is 8. The third kappa shape index (κ3) is 10.2. The Bertz CT molecular complexity index is 1080. The molecule has 220 valence electrons. The predicted molar refractivity (Wildman–Crippen MR) is 143 cm³/mol. The van der Waals surface area contributed by atoms with Gasteiger partial charge in [-0.3, -0.25) is 28.8 Å². The Hall–Kier alpha value is -4.20. The third-order valence-corrected chi connectivity index (χ3v) is 5.86. The van der Waals surface area contributed by atoms with Crippen LogP contribution in [0.4, 0.5) is 0 Å². The molecule has 1 aliphatic rings. The van der Waals surface area contributed by atoms with Crippen LogP contribution in [0.1, 0.15) is 44.0 Å². The van der Waals surface area contributed by atoms with Crippen LogP contribution in [-0.2, 0) is 28.7 Å². The molecule has 0 radical (unpaired) electrons. The molecule has 1 aliphatic heterocycles. The van der Waals surface area contributed by atoms with Gasteiger partial charge in [0.25, 0.3) is 5.91 Å². The molecular weight excluding hydrogens is 524 g/mol.